The SMILES string of the molecule is Cc1nnc(NC(=O)N[C@@H](C)CN2CCOCC2)s1. The first-order valence-corrected chi connectivity index (χ1v) is 7.13. The highest BCUT2D eigenvalue weighted by Crippen LogP contribution is 2.13. The van der Waals surface area contributed by atoms with E-state index in [2.05, 4.69) is 25.7 Å². The zero-order valence-corrected chi connectivity index (χ0v) is 12.0. The van der Waals surface area contributed by atoms with Crippen LogP contribution in [0.5, 0.6) is 0 Å². The van der Waals surface area contributed by atoms with Crippen LogP contribution in [0.1, 0.15) is 11.9 Å². The van der Waals surface area contributed by atoms with E-state index in [-0.39, 0.29) is 12.1 Å². The van der Waals surface area contributed by atoms with Crippen LogP contribution in [0.25, 0.3) is 0 Å². The minimum Gasteiger partial charge on any atom is -0.379 e. The van der Waals surface area contributed by atoms with E-state index in [1.807, 2.05) is 13.8 Å². The van der Waals surface area contributed by atoms with Gasteiger partial charge in [0.05, 0.1) is 13.2 Å². The third kappa shape index (κ3) is 4.73. The molecule has 1 fully saturated rings. The van der Waals surface area contributed by atoms with Crippen LogP contribution in [0.15, 0.2) is 0 Å². The summed E-state index contributed by atoms with van der Waals surface area (Å²) in [7, 11) is 0. The Morgan fingerprint density at radius 3 is 2.84 bits per heavy atom. The Hall–Kier alpha value is -1.25. The summed E-state index contributed by atoms with van der Waals surface area (Å²) in [6.45, 7) is 8.03. The first-order chi connectivity index (χ1) is 9.13. The second-order valence-corrected chi connectivity index (χ2v) is 5.72. The van der Waals surface area contributed by atoms with E-state index >= 15 is 0 Å². The van der Waals surface area contributed by atoms with Gasteiger partial charge in [0.25, 0.3) is 0 Å². The third-order valence-corrected chi connectivity index (χ3v) is 3.51. The van der Waals surface area contributed by atoms with E-state index in [1.54, 1.807) is 0 Å². The normalized spacial score (nSPS) is 18.0. The molecule has 1 aliphatic rings. The molecule has 106 valence electrons. The van der Waals surface area contributed by atoms with Gasteiger partial charge in [-0.3, -0.25) is 10.2 Å². The number of hydrogen-bond acceptors (Lipinski definition) is 6. The quantitative estimate of drug-likeness (QED) is 0.851. The maximum absolute atomic E-state index is 11.7. The molecule has 2 rings (SSSR count). The van der Waals surface area contributed by atoms with Gasteiger partial charge >= 0.3 is 6.03 Å². The molecular weight excluding hydrogens is 266 g/mol. The molecule has 1 atom stereocenters. The van der Waals surface area contributed by atoms with Gasteiger partial charge < -0.3 is 10.1 Å². The highest BCUT2D eigenvalue weighted by Gasteiger charge is 2.15. The van der Waals surface area contributed by atoms with E-state index < -0.39 is 0 Å². The van der Waals surface area contributed by atoms with Crippen LogP contribution in [0.4, 0.5) is 9.93 Å². The Bertz CT molecular complexity index is 419. The molecule has 0 radical (unpaired) electrons. The molecule has 2 N–H and O–H groups in total. The minimum absolute atomic E-state index is 0.0760. The number of ether oxygens (including phenoxy) is 1. The summed E-state index contributed by atoms with van der Waals surface area (Å²) in [6.07, 6.45) is 0. The predicted octanol–water partition coefficient (Wildman–Crippen LogP) is 0.689. The zero-order chi connectivity index (χ0) is 13.7. The van der Waals surface area contributed by atoms with Crippen molar-refractivity contribution in [3.8, 4) is 0 Å². The second kappa shape index (κ2) is 6.78. The van der Waals surface area contributed by atoms with Crippen LogP contribution in [0.2, 0.25) is 0 Å². The highest BCUT2D eigenvalue weighted by atomic mass is 32.1. The fourth-order valence-corrected chi connectivity index (χ4v) is 2.51. The van der Waals surface area contributed by atoms with Gasteiger partial charge in [0.15, 0.2) is 0 Å². The number of nitrogens with one attached hydrogen (secondary N) is 2. The van der Waals surface area contributed by atoms with E-state index in [0.717, 1.165) is 37.9 Å². The molecule has 0 spiro atoms. The number of aryl methyl sites for hydroxylation is 1. The number of urea groups is 1. The molecule has 8 heteroatoms. The number of hydrogen-bond donors (Lipinski definition) is 2. The van der Waals surface area contributed by atoms with Crippen molar-refractivity contribution in [2.75, 3.05) is 38.2 Å². The van der Waals surface area contributed by atoms with Crippen LogP contribution >= 0.6 is 11.3 Å². The van der Waals surface area contributed by atoms with Crippen molar-refractivity contribution in [1.82, 2.24) is 20.4 Å². The lowest BCUT2D eigenvalue weighted by atomic mass is 10.3. The van der Waals surface area contributed by atoms with Crippen molar-refractivity contribution in [1.29, 1.82) is 0 Å². The van der Waals surface area contributed by atoms with Crippen LogP contribution in [-0.4, -0.2) is 60.0 Å². The summed E-state index contributed by atoms with van der Waals surface area (Å²) >= 11 is 1.36. The molecule has 0 aromatic carbocycles. The number of aromatic nitrogens is 2. The standard InChI is InChI=1S/C11H19N5O2S/c1-8(7-16-3-5-18-6-4-16)12-10(17)13-11-15-14-9(2)19-11/h8H,3-7H2,1-2H3,(H2,12,13,15,17)/t8-/m0/s1. The largest absolute Gasteiger partial charge is 0.379 e. The maximum atomic E-state index is 11.7. The smallest absolute Gasteiger partial charge is 0.321 e. The van der Waals surface area contributed by atoms with Crippen molar-refractivity contribution in [2.24, 2.45) is 0 Å². The van der Waals surface area contributed by atoms with Crippen molar-refractivity contribution in [2.45, 2.75) is 19.9 Å². The number of rotatable bonds is 4. The summed E-state index contributed by atoms with van der Waals surface area (Å²) in [6, 6.07) is -0.163. The van der Waals surface area contributed by atoms with Gasteiger partial charge in [-0.05, 0) is 13.8 Å². The lowest BCUT2D eigenvalue weighted by Gasteiger charge is -2.29. The molecule has 1 aromatic rings. The summed E-state index contributed by atoms with van der Waals surface area (Å²) in [5, 5.41) is 14.6. The molecule has 0 unspecified atom stereocenters. The molecule has 2 amide bonds. The number of carbonyl (C=O) groups excluding carboxylic acids is 1. The van der Waals surface area contributed by atoms with Gasteiger partial charge in [-0.2, -0.15) is 0 Å². The Morgan fingerprint density at radius 2 is 2.21 bits per heavy atom. The van der Waals surface area contributed by atoms with Gasteiger partial charge in [-0.15, -0.1) is 10.2 Å². The third-order valence-electron chi connectivity index (χ3n) is 2.76. The Balaban J connectivity index is 1.71. The Labute approximate surface area is 116 Å². The lowest BCUT2D eigenvalue weighted by molar-refractivity contribution is 0.0350. The van der Waals surface area contributed by atoms with Crippen LogP contribution in [-0.2, 0) is 4.74 Å². The molecule has 7 nitrogen and oxygen atoms in total. The molecule has 1 saturated heterocycles. The van der Waals surface area contributed by atoms with E-state index in [4.69, 9.17) is 4.74 Å². The highest BCUT2D eigenvalue weighted by molar-refractivity contribution is 7.15. The van der Waals surface area contributed by atoms with Gasteiger partial charge in [-0.1, -0.05) is 11.3 Å². The van der Waals surface area contributed by atoms with Crippen molar-refractivity contribution in [3.63, 3.8) is 0 Å². The lowest BCUT2D eigenvalue weighted by Crippen LogP contribution is -2.47. The molecule has 1 aromatic heterocycles. The minimum atomic E-state index is -0.239. The molecular formula is C11H19N5O2S. The fourth-order valence-electron chi connectivity index (χ4n) is 1.92. The number of morpholine rings is 1. The van der Waals surface area contributed by atoms with Crippen LogP contribution < -0.4 is 10.6 Å². The van der Waals surface area contributed by atoms with Crippen molar-refractivity contribution >= 4 is 22.5 Å². The first kappa shape index (κ1) is 14.2. The van der Waals surface area contributed by atoms with E-state index in [9.17, 15) is 4.79 Å². The fraction of sp³-hybridized carbons (Fsp3) is 0.727. The average molecular weight is 285 g/mol. The van der Waals surface area contributed by atoms with Gasteiger partial charge in [0, 0.05) is 25.7 Å². The molecule has 19 heavy (non-hydrogen) atoms. The number of carbonyl (C=O) groups is 1. The average Bonchev–Trinajstić information content (AvgIpc) is 2.75. The predicted molar refractivity (Wildman–Crippen MR) is 73.5 cm³/mol. The van der Waals surface area contributed by atoms with Crippen LogP contribution in [0.3, 0.4) is 0 Å². The molecule has 1 aliphatic heterocycles. The Kier molecular flexibility index (Phi) is 5.06. The molecule has 0 saturated carbocycles. The monoisotopic (exact) mass is 285 g/mol. The molecule has 0 aliphatic carbocycles. The van der Waals surface area contributed by atoms with Gasteiger partial charge in [0.2, 0.25) is 5.13 Å². The number of amides is 2. The summed E-state index contributed by atoms with van der Waals surface area (Å²) in [5.41, 5.74) is 0. The molecule has 0 bridgehead atoms. The van der Waals surface area contributed by atoms with E-state index in [0.29, 0.717) is 5.13 Å². The van der Waals surface area contributed by atoms with Crippen LogP contribution in [0, 0.1) is 6.92 Å². The first-order valence-electron chi connectivity index (χ1n) is 6.31. The zero-order valence-electron chi connectivity index (χ0n) is 11.2. The summed E-state index contributed by atoms with van der Waals surface area (Å²) < 4.78 is 5.29. The van der Waals surface area contributed by atoms with E-state index in [1.165, 1.54) is 11.3 Å². The van der Waals surface area contributed by atoms with Crippen molar-refractivity contribution < 1.29 is 9.53 Å². The Morgan fingerprint density at radius 1 is 1.47 bits per heavy atom. The summed E-state index contributed by atoms with van der Waals surface area (Å²) in [4.78, 5) is 14.0. The molecule has 2 heterocycles. The van der Waals surface area contributed by atoms with Gasteiger partial charge in [-0.25, -0.2) is 4.79 Å². The van der Waals surface area contributed by atoms with Gasteiger partial charge in [0.1, 0.15) is 5.01 Å². The maximum Gasteiger partial charge on any atom is 0.321 e. The number of anilines is 1. The topological polar surface area (TPSA) is 79.4 Å². The number of nitrogens with zero attached hydrogens (tertiary/aromatic N) is 3. The van der Waals surface area contributed by atoms with Crippen molar-refractivity contribution in [3.05, 3.63) is 5.01 Å². The second-order valence-electron chi connectivity index (χ2n) is 4.54. The summed E-state index contributed by atoms with van der Waals surface area (Å²) in [5.74, 6) is 0.